The Balaban J connectivity index is 1.46. The molecular weight excluding hydrogens is 545 g/mol. The summed E-state index contributed by atoms with van der Waals surface area (Å²) in [7, 11) is 0. The van der Waals surface area contributed by atoms with Crippen molar-refractivity contribution in [3.63, 3.8) is 0 Å². The van der Waals surface area contributed by atoms with Crippen molar-refractivity contribution in [2.45, 2.75) is 0 Å². The maximum absolute atomic E-state index is 12.1. The number of nitrogens with one attached hydrogen (secondary N) is 2. The summed E-state index contributed by atoms with van der Waals surface area (Å²) in [5.74, 6) is -0.965. The topological polar surface area (TPSA) is 96.9 Å². The molecule has 0 aliphatic rings. The average molecular weight is 562 g/mol. The number of hydrazone groups is 1. The normalized spacial score (nSPS) is 10.6. The molecule has 162 valence electrons. The first-order valence-corrected chi connectivity index (χ1v) is 10.8. The molecule has 0 saturated carbocycles. The monoisotopic (exact) mass is 561 g/mol. The Kier molecular flexibility index (Phi) is 8.34. The molecule has 0 unspecified atom stereocenters. The summed E-state index contributed by atoms with van der Waals surface area (Å²) in [6.45, 7) is -0.209. The van der Waals surface area contributed by atoms with Gasteiger partial charge in [0.15, 0.2) is 0 Å². The fraction of sp³-hybridized carbons (Fsp3) is 0.0435. The van der Waals surface area contributed by atoms with E-state index >= 15 is 0 Å². The van der Waals surface area contributed by atoms with Gasteiger partial charge < -0.3 is 10.1 Å². The Bertz CT molecular complexity index is 1170. The molecule has 0 heterocycles. The number of esters is 1. The summed E-state index contributed by atoms with van der Waals surface area (Å²) >= 11 is 7.94. The number of carbonyl (C=O) groups excluding carboxylic acids is 3. The van der Waals surface area contributed by atoms with Crippen LogP contribution in [0.2, 0.25) is 5.02 Å². The minimum absolute atomic E-state index is 0.209. The third kappa shape index (κ3) is 6.89. The predicted octanol–water partition coefficient (Wildman–Crippen LogP) is 4.04. The third-order valence-corrected chi connectivity index (χ3v) is 5.26. The zero-order valence-electron chi connectivity index (χ0n) is 16.5. The Morgan fingerprint density at radius 3 is 2.47 bits per heavy atom. The number of ether oxygens (including phenoxy) is 1. The molecule has 0 saturated heterocycles. The van der Waals surface area contributed by atoms with Crippen molar-refractivity contribution in [3.8, 4) is 5.75 Å². The maximum atomic E-state index is 12.1. The number of carbonyl (C=O) groups is 3. The van der Waals surface area contributed by atoms with Crippen molar-refractivity contribution in [2.24, 2.45) is 5.10 Å². The fourth-order valence-electron chi connectivity index (χ4n) is 2.52. The summed E-state index contributed by atoms with van der Waals surface area (Å²) in [4.78, 5) is 36.1. The molecule has 3 aromatic carbocycles. The Morgan fingerprint density at radius 2 is 1.75 bits per heavy atom. The smallest absolute Gasteiger partial charge is 0.343 e. The van der Waals surface area contributed by atoms with Crippen LogP contribution in [0, 0.1) is 3.57 Å². The molecule has 0 aliphatic carbocycles. The molecule has 2 amide bonds. The van der Waals surface area contributed by atoms with Crippen LogP contribution in [0.5, 0.6) is 5.75 Å². The summed E-state index contributed by atoms with van der Waals surface area (Å²) in [6, 6.07) is 20.1. The number of hydrogen-bond acceptors (Lipinski definition) is 5. The lowest BCUT2D eigenvalue weighted by Crippen LogP contribution is -2.35. The van der Waals surface area contributed by atoms with Gasteiger partial charge in [0.05, 0.1) is 23.9 Å². The van der Waals surface area contributed by atoms with Gasteiger partial charge in [-0.15, -0.1) is 0 Å². The SMILES string of the molecule is O=C(CNC(=O)c1ccccc1I)N/N=C/c1ccc(OC(=O)c2cccc(Cl)c2)cc1. The van der Waals surface area contributed by atoms with Crippen molar-refractivity contribution in [1.29, 1.82) is 0 Å². The molecule has 0 aromatic heterocycles. The van der Waals surface area contributed by atoms with Gasteiger partial charge in [0.1, 0.15) is 5.75 Å². The first-order chi connectivity index (χ1) is 15.4. The first kappa shape index (κ1) is 23.4. The van der Waals surface area contributed by atoms with Gasteiger partial charge in [-0.3, -0.25) is 9.59 Å². The highest BCUT2D eigenvalue weighted by Gasteiger charge is 2.11. The number of amides is 2. The number of halogens is 2. The highest BCUT2D eigenvalue weighted by atomic mass is 127. The minimum Gasteiger partial charge on any atom is -0.423 e. The molecule has 7 nitrogen and oxygen atoms in total. The fourth-order valence-corrected chi connectivity index (χ4v) is 3.35. The van der Waals surface area contributed by atoms with Crippen LogP contribution < -0.4 is 15.5 Å². The van der Waals surface area contributed by atoms with E-state index in [4.69, 9.17) is 16.3 Å². The Hall–Kier alpha value is -3.24. The van der Waals surface area contributed by atoms with Gasteiger partial charge in [0.25, 0.3) is 11.8 Å². The van der Waals surface area contributed by atoms with Crippen molar-refractivity contribution in [1.82, 2.24) is 10.7 Å². The summed E-state index contributed by atoms with van der Waals surface area (Å²) in [5.41, 5.74) is 3.87. The molecule has 32 heavy (non-hydrogen) atoms. The van der Waals surface area contributed by atoms with Crippen LogP contribution in [-0.4, -0.2) is 30.5 Å². The lowest BCUT2D eigenvalue weighted by Gasteiger charge is -2.06. The van der Waals surface area contributed by atoms with Gasteiger partial charge in [-0.1, -0.05) is 29.8 Å². The van der Waals surface area contributed by atoms with E-state index in [1.165, 1.54) is 12.3 Å². The van der Waals surface area contributed by atoms with E-state index in [0.29, 0.717) is 27.5 Å². The summed E-state index contributed by atoms with van der Waals surface area (Å²) in [6.07, 6.45) is 1.43. The highest BCUT2D eigenvalue weighted by molar-refractivity contribution is 14.1. The van der Waals surface area contributed by atoms with E-state index in [9.17, 15) is 14.4 Å². The Morgan fingerprint density at radius 1 is 1.00 bits per heavy atom. The second-order valence-electron chi connectivity index (χ2n) is 6.42. The second kappa shape index (κ2) is 11.4. The molecule has 0 spiro atoms. The highest BCUT2D eigenvalue weighted by Crippen LogP contribution is 2.16. The number of nitrogens with zero attached hydrogens (tertiary/aromatic N) is 1. The van der Waals surface area contributed by atoms with Gasteiger partial charge in [-0.2, -0.15) is 5.10 Å². The molecule has 0 atom stereocenters. The van der Waals surface area contributed by atoms with Gasteiger partial charge >= 0.3 is 5.97 Å². The van der Waals surface area contributed by atoms with Crippen molar-refractivity contribution in [2.75, 3.05) is 6.54 Å². The van der Waals surface area contributed by atoms with Gasteiger partial charge in [-0.25, -0.2) is 10.2 Å². The van der Waals surface area contributed by atoms with Gasteiger partial charge in [0.2, 0.25) is 0 Å². The Labute approximate surface area is 202 Å². The zero-order chi connectivity index (χ0) is 22.9. The van der Waals surface area contributed by atoms with Crippen molar-refractivity contribution < 1.29 is 19.1 Å². The van der Waals surface area contributed by atoms with Crippen LogP contribution in [0.1, 0.15) is 26.3 Å². The number of hydrogen-bond donors (Lipinski definition) is 2. The molecule has 0 aliphatic heterocycles. The quantitative estimate of drug-likeness (QED) is 0.150. The molecular formula is C23H17ClIN3O4. The lowest BCUT2D eigenvalue weighted by molar-refractivity contribution is -0.120. The van der Waals surface area contributed by atoms with E-state index in [1.807, 2.05) is 12.1 Å². The van der Waals surface area contributed by atoms with Crippen LogP contribution >= 0.6 is 34.2 Å². The maximum Gasteiger partial charge on any atom is 0.343 e. The molecule has 0 fully saturated rings. The molecule has 3 rings (SSSR count). The number of benzene rings is 3. The van der Waals surface area contributed by atoms with Crippen molar-refractivity contribution >= 4 is 58.2 Å². The predicted molar refractivity (Wildman–Crippen MR) is 130 cm³/mol. The summed E-state index contributed by atoms with van der Waals surface area (Å²) in [5, 5.41) is 6.85. The van der Waals surface area contributed by atoms with Crippen LogP contribution in [-0.2, 0) is 4.79 Å². The van der Waals surface area contributed by atoms with Crippen LogP contribution in [0.15, 0.2) is 77.9 Å². The lowest BCUT2D eigenvalue weighted by atomic mass is 10.2. The molecule has 9 heteroatoms. The van der Waals surface area contributed by atoms with Crippen LogP contribution in [0.4, 0.5) is 0 Å². The second-order valence-corrected chi connectivity index (χ2v) is 8.02. The van der Waals surface area contributed by atoms with E-state index in [1.54, 1.807) is 54.6 Å². The van der Waals surface area contributed by atoms with E-state index in [-0.39, 0.29) is 12.5 Å². The van der Waals surface area contributed by atoms with E-state index < -0.39 is 11.9 Å². The largest absolute Gasteiger partial charge is 0.423 e. The minimum atomic E-state index is -0.520. The summed E-state index contributed by atoms with van der Waals surface area (Å²) < 4.78 is 6.09. The molecule has 3 aromatic rings. The molecule has 0 bridgehead atoms. The molecule has 2 N–H and O–H groups in total. The van der Waals surface area contributed by atoms with Gasteiger partial charge in [-0.05, 0) is 82.8 Å². The standard InChI is InChI=1S/C23H17ClIN3O4/c24-17-5-3-4-16(12-17)23(31)32-18-10-8-15(9-11-18)13-27-28-21(29)14-26-22(30)19-6-1-2-7-20(19)25/h1-13H,14H2,(H,26,30)(H,28,29)/b27-13+. The third-order valence-electron chi connectivity index (χ3n) is 4.08. The van der Waals surface area contributed by atoms with Crippen LogP contribution in [0.3, 0.4) is 0 Å². The van der Waals surface area contributed by atoms with E-state index in [2.05, 4.69) is 38.4 Å². The van der Waals surface area contributed by atoms with Crippen molar-refractivity contribution in [3.05, 3.63) is 98.1 Å². The average Bonchev–Trinajstić information content (AvgIpc) is 2.79. The zero-order valence-corrected chi connectivity index (χ0v) is 19.5. The first-order valence-electron chi connectivity index (χ1n) is 9.35. The van der Waals surface area contributed by atoms with Crippen LogP contribution in [0.25, 0.3) is 0 Å². The van der Waals surface area contributed by atoms with Gasteiger partial charge in [0, 0.05) is 8.59 Å². The number of rotatable bonds is 7. The molecule has 0 radical (unpaired) electrons. The van der Waals surface area contributed by atoms with E-state index in [0.717, 1.165) is 3.57 Å².